The van der Waals surface area contributed by atoms with Crippen molar-refractivity contribution >= 4 is 23.1 Å². The van der Waals surface area contributed by atoms with Crippen molar-refractivity contribution in [2.24, 2.45) is 11.7 Å². The van der Waals surface area contributed by atoms with E-state index in [2.05, 4.69) is 10.3 Å². The van der Waals surface area contributed by atoms with Crippen LogP contribution in [0.15, 0.2) is 18.7 Å². The summed E-state index contributed by atoms with van der Waals surface area (Å²) in [6.07, 6.45) is 8.64. The zero-order valence-electron chi connectivity index (χ0n) is 10.5. The summed E-state index contributed by atoms with van der Waals surface area (Å²) in [6.45, 7) is 3.63. The number of carbonyl (C=O) groups excluding carboxylic acids is 1. The van der Waals surface area contributed by atoms with Crippen LogP contribution in [0.3, 0.4) is 0 Å². The summed E-state index contributed by atoms with van der Waals surface area (Å²) >= 11 is 5.16. The van der Waals surface area contributed by atoms with Gasteiger partial charge >= 0.3 is 0 Å². The topological polar surface area (TPSA) is 72.9 Å². The number of amides is 1. The molecular formula is C12H19N4OS. The van der Waals surface area contributed by atoms with E-state index in [-0.39, 0.29) is 11.8 Å². The molecule has 1 rings (SSSR count). The zero-order valence-corrected chi connectivity index (χ0v) is 11.3. The third kappa shape index (κ3) is 6.34. The van der Waals surface area contributed by atoms with Gasteiger partial charge in [0.1, 0.15) is 0 Å². The van der Waals surface area contributed by atoms with Gasteiger partial charge in [-0.15, -0.1) is 0 Å². The monoisotopic (exact) mass is 267 g/mol. The van der Waals surface area contributed by atoms with Crippen LogP contribution in [0, 0.1) is 12.3 Å². The maximum atomic E-state index is 10.7. The van der Waals surface area contributed by atoms with Crippen LogP contribution >= 0.6 is 12.2 Å². The van der Waals surface area contributed by atoms with Gasteiger partial charge in [0.2, 0.25) is 5.91 Å². The van der Waals surface area contributed by atoms with E-state index in [1.165, 1.54) is 0 Å². The first-order valence-corrected chi connectivity index (χ1v) is 6.35. The minimum absolute atomic E-state index is 0.0798. The number of carbonyl (C=O) groups is 1. The lowest BCUT2D eigenvalue weighted by molar-refractivity contribution is -0.118. The van der Waals surface area contributed by atoms with Gasteiger partial charge < -0.3 is 15.6 Å². The van der Waals surface area contributed by atoms with Crippen molar-refractivity contribution in [1.82, 2.24) is 14.9 Å². The largest absolute Gasteiger partial charge is 0.379 e. The summed E-state index contributed by atoms with van der Waals surface area (Å²) < 4.78 is 2.02. The number of nitrogens with two attached hydrogens (primary N) is 1. The average molecular weight is 267 g/mol. The van der Waals surface area contributed by atoms with Crippen molar-refractivity contribution < 1.29 is 4.79 Å². The van der Waals surface area contributed by atoms with Gasteiger partial charge in [0.15, 0.2) is 0 Å². The highest BCUT2D eigenvalue weighted by Gasteiger charge is 2.08. The second-order valence-electron chi connectivity index (χ2n) is 4.26. The van der Waals surface area contributed by atoms with Crippen LogP contribution in [0.25, 0.3) is 0 Å². The molecule has 0 fully saturated rings. The van der Waals surface area contributed by atoms with E-state index in [4.69, 9.17) is 18.0 Å². The molecule has 1 aromatic heterocycles. The molecule has 1 heterocycles. The Labute approximate surface area is 113 Å². The number of thiocarbonyl (C=S) groups is 1. The quantitative estimate of drug-likeness (QED) is 0.542. The lowest BCUT2D eigenvalue weighted by Gasteiger charge is -2.11. The Hall–Kier alpha value is -1.43. The van der Waals surface area contributed by atoms with Crippen molar-refractivity contribution in [3.63, 3.8) is 0 Å². The summed E-state index contributed by atoms with van der Waals surface area (Å²) in [7, 11) is 0. The van der Waals surface area contributed by atoms with Gasteiger partial charge in [-0.25, -0.2) is 4.98 Å². The van der Waals surface area contributed by atoms with Gasteiger partial charge in [-0.2, -0.15) is 0 Å². The molecule has 6 heteroatoms. The number of nitrogens with zero attached hydrogens (tertiary/aromatic N) is 2. The Balaban J connectivity index is 2.08. The average Bonchev–Trinajstić information content (AvgIpc) is 2.75. The highest BCUT2D eigenvalue weighted by molar-refractivity contribution is 7.80. The molecule has 1 atom stereocenters. The van der Waals surface area contributed by atoms with Gasteiger partial charge in [-0.05, 0) is 12.3 Å². The van der Waals surface area contributed by atoms with Crippen molar-refractivity contribution in [3.8, 4) is 0 Å². The smallest absolute Gasteiger partial charge is 0.217 e. The van der Waals surface area contributed by atoms with E-state index in [1.54, 1.807) is 12.5 Å². The summed E-state index contributed by atoms with van der Waals surface area (Å²) in [5.41, 5.74) is 5.11. The van der Waals surface area contributed by atoms with E-state index in [0.29, 0.717) is 11.4 Å². The minimum Gasteiger partial charge on any atom is -0.379 e. The summed E-state index contributed by atoms with van der Waals surface area (Å²) in [5.74, 6) is -0.224. The molecule has 5 nitrogen and oxygen atoms in total. The molecular weight excluding hydrogens is 248 g/mol. The number of imidazole rings is 1. The van der Waals surface area contributed by atoms with E-state index in [1.807, 2.05) is 24.1 Å². The Morgan fingerprint density at radius 3 is 3.06 bits per heavy atom. The molecule has 0 spiro atoms. The summed E-state index contributed by atoms with van der Waals surface area (Å²) in [5, 5.41) is 3.14. The maximum Gasteiger partial charge on any atom is 0.217 e. The molecule has 0 aromatic carbocycles. The first-order chi connectivity index (χ1) is 8.58. The third-order valence-corrected chi connectivity index (χ3v) is 2.69. The van der Waals surface area contributed by atoms with Gasteiger partial charge in [-0.3, -0.25) is 4.79 Å². The SMILES string of the molecule is C[C@H]([CH]C(=S)NCCCn1ccnc1)CC(N)=O. The predicted molar refractivity (Wildman–Crippen MR) is 74.7 cm³/mol. The Morgan fingerprint density at radius 1 is 1.67 bits per heavy atom. The molecule has 0 aliphatic carbocycles. The van der Waals surface area contributed by atoms with Gasteiger partial charge in [0.25, 0.3) is 0 Å². The molecule has 99 valence electrons. The Bertz CT molecular complexity index is 377. The number of aromatic nitrogens is 2. The molecule has 1 aromatic rings. The molecule has 0 bridgehead atoms. The summed E-state index contributed by atoms with van der Waals surface area (Å²) in [4.78, 5) is 15.4. The maximum absolute atomic E-state index is 10.7. The highest BCUT2D eigenvalue weighted by atomic mass is 32.1. The number of hydrogen-bond acceptors (Lipinski definition) is 3. The second kappa shape index (κ2) is 7.81. The molecule has 1 amide bonds. The molecule has 0 aliphatic heterocycles. The van der Waals surface area contributed by atoms with Crippen LogP contribution in [0.5, 0.6) is 0 Å². The van der Waals surface area contributed by atoms with Crippen LogP contribution < -0.4 is 11.1 Å². The van der Waals surface area contributed by atoms with Crippen LogP contribution in [-0.4, -0.2) is 27.0 Å². The van der Waals surface area contributed by atoms with E-state index < -0.39 is 0 Å². The number of nitrogens with one attached hydrogen (secondary N) is 1. The second-order valence-corrected chi connectivity index (χ2v) is 4.70. The molecule has 3 N–H and O–H groups in total. The van der Waals surface area contributed by atoms with Crippen LogP contribution in [0.4, 0.5) is 0 Å². The highest BCUT2D eigenvalue weighted by Crippen LogP contribution is 2.05. The standard InChI is InChI=1S/C12H19N4OS/c1-10(7-11(13)17)8-12(18)15-3-2-5-16-6-4-14-9-16/h4,6,8-10H,2-3,5,7H2,1H3,(H2,13,17)(H,15,18)/t10-/m0/s1. The molecule has 1 radical (unpaired) electrons. The van der Waals surface area contributed by atoms with Crippen molar-refractivity contribution in [2.45, 2.75) is 26.3 Å². The molecule has 0 saturated heterocycles. The normalized spacial score (nSPS) is 12.1. The molecule has 18 heavy (non-hydrogen) atoms. The van der Waals surface area contributed by atoms with E-state index >= 15 is 0 Å². The van der Waals surface area contributed by atoms with Gasteiger partial charge in [0.05, 0.1) is 11.3 Å². The lowest BCUT2D eigenvalue weighted by Crippen LogP contribution is -2.27. The molecule has 0 saturated carbocycles. The fourth-order valence-corrected chi connectivity index (χ4v) is 1.92. The fourth-order valence-electron chi connectivity index (χ4n) is 1.59. The Morgan fingerprint density at radius 2 is 2.44 bits per heavy atom. The molecule has 0 aliphatic rings. The predicted octanol–water partition coefficient (Wildman–Crippen LogP) is 0.906. The van der Waals surface area contributed by atoms with E-state index in [0.717, 1.165) is 19.5 Å². The zero-order chi connectivity index (χ0) is 13.4. The van der Waals surface area contributed by atoms with Crippen LogP contribution in [0.2, 0.25) is 0 Å². The number of primary amides is 1. The van der Waals surface area contributed by atoms with Crippen molar-refractivity contribution in [1.29, 1.82) is 0 Å². The Kier molecular flexibility index (Phi) is 6.35. The van der Waals surface area contributed by atoms with Crippen molar-refractivity contribution in [2.75, 3.05) is 6.54 Å². The number of rotatable bonds is 8. The van der Waals surface area contributed by atoms with Crippen LogP contribution in [-0.2, 0) is 11.3 Å². The van der Waals surface area contributed by atoms with Gasteiger partial charge in [-0.1, -0.05) is 19.1 Å². The van der Waals surface area contributed by atoms with Crippen molar-refractivity contribution in [3.05, 3.63) is 25.1 Å². The third-order valence-electron chi connectivity index (χ3n) is 2.41. The number of aryl methyl sites for hydroxylation is 1. The van der Waals surface area contributed by atoms with Crippen LogP contribution in [0.1, 0.15) is 19.8 Å². The number of hydrogen-bond donors (Lipinski definition) is 2. The fraction of sp³-hybridized carbons (Fsp3) is 0.500. The van der Waals surface area contributed by atoms with Gasteiger partial charge in [0, 0.05) is 38.3 Å². The first kappa shape index (κ1) is 14.6. The molecule has 0 unspecified atom stereocenters. The minimum atomic E-state index is -0.304. The lowest BCUT2D eigenvalue weighted by atomic mass is 10.0. The van der Waals surface area contributed by atoms with E-state index in [9.17, 15) is 4.79 Å². The first-order valence-electron chi connectivity index (χ1n) is 5.94. The summed E-state index contributed by atoms with van der Waals surface area (Å²) in [6, 6.07) is 0.